The van der Waals surface area contributed by atoms with E-state index in [4.69, 9.17) is 49.8 Å². The molecule has 0 aliphatic heterocycles. The molecule has 0 saturated carbocycles. The van der Waals surface area contributed by atoms with Gasteiger partial charge in [0.15, 0.2) is 46.6 Å². The molecule has 10 nitrogen and oxygen atoms in total. The van der Waals surface area contributed by atoms with Crippen LogP contribution in [-0.2, 0) is 0 Å². The topological polar surface area (TPSA) is 129 Å². The Balaban J connectivity index is 0.000000148. The summed E-state index contributed by atoms with van der Waals surface area (Å²) in [6.07, 6.45) is 0. The molecule has 0 N–H and O–H groups in total. The molecule has 560 valence electrons. The lowest BCUT2D eigenvalue weighted by atomic mass is 9.93. The Bertz CT molecular complexity index is 7420. The summed E-state index contributed by atoms with van der Waals surface area (Å²) in [7, 11) is 0. The second kappa shape index (κ2) is 31.5. The van der Waals surface area contributed by atoms with E-state index in [1.807, 2.05) is 146 Å². The lowest BCUT2D eigenvalue weighted by molar-refractivity contribution is 1.07. The van der Waals surface area contributed by atoms with Crippen LogP contribution < -0.4 is 0 Å². The first-order valence-corrected chi connectivity index (χ1v) is 40.2. The van der Waals surface area contributed by atoms with Crippen molar-refractivity contribution in [1.82, 2.24) is 49.8 Å². The summed E-state index contributed by atoms with van der Waals surface area (Å²) < 4.78 is 0. The Hall–Kier alpha value is -16.3. The smallest absolute Gasteiger partial charge is 0.164 e. The van der Waals surface area contributed by atoms with Crippen molar-refractivity contribution >= 4 is 64.6 Å². The molecule has 0 atom stereocenters. The molecule has 0 saturated heterocycles. The van der Waals surface area contributed by atoms with Crippen LogP contribution in [0.3, 0.4) is 0 Å². The van der Waals surface area contributed by atoms with Crippen LogP contribution in [0.2, 0.25) is 0 Å². The predicted molar refractivity (Wildman–Crippen MR) is 492 cm³/mol. The molecule has 22 rings (SSSR count). The van der Waals surface area contributed by atoms with Crippen LogP contribution in [0.4, 0.5) is 0 Å². The predicted octanol–water partition coefficient (Wildman–Crippen LogP) is 27.6. The van der Waals surface area contributed by atoms with Crippen molar-refractivity contribution < 1.29 is 0 Å². The fourth-order valence-electron chi connectivity index (χ4n) is 16.3. The Morgan fingerprint density at radius 3 is 0.550 bits per heavy atom. The van der Waals surface area contributed by atoms with Gasteiger partial charge in [-0.05, 0) is 123 Å². The van der Waals surface area contributed by atoms with E-state index in [-0.39, 0.29) is 0 Å². The van der Waals surface area contributed by atoms with Crippen molar-refractivity contribution in [3.8, 4) is 158 Å². The van der Waals surface area contributed by atoms with Crippen LogP contribution >= 0.6 is 0 Å². The molecular formula is C110H70N10. The van der Waals surface area contributed by atoms with Gasteiger partial charge >= 0.3 is 0 Å². The van der Waals surface area contributed by atoms with Gasteiger partial charge in [-0.3, -0.25) is 0 Å². The van der Waals surface area contributed by atoms with Gasteiger partial charge in [-0.1, -0.05) is 388 Å². The van der Waals surface area contributed by atoms with E-state index >= 15 is 0 Å². The molecule has 4 aromatic heterocycles. The maximum Gasteiger partial charge on any atom is 0.164 e. The van der Waals surface area contributed by atoms with E-state index in [0.29, 0.717) is 46.6 Å². The number of benzene rings is 18. The van der Waals surface area contributed by atoms with Gasteiger partial charge in [0.2, 0.25) is 0 Å². The van der Waals surface area contributed by atoms with E-state index in [0.717, 1.165) is 112 Å². The van der Waals surface area contributed by atoms with Crippen LogP contribution in [0.15, 0.2) is 425 Å². The monoisotopic (exact) mass is 1530 g/mol. The number of aromatic nitrogens is 10. The lowest BCUT2D eigenvalue weighted by Gasteiger charge is -2.13. The minimum Gasteiger partial charge on any atom is -0.228 e. The third kappa shape index (κ3) is 14.2. The Morgan fingerprint density at radius 1 is 0.0917 bits per heavy atom. The van der Waals surface area contributed by atoms with Gasteiger partial charge in [-0.2, -0.15) is 0 Å². The molecular weight excluding hydrogens is 1460 g/mol. The minimum absolute atomic E-state index is 0.614. The van der Waals surface area contributed by atoms with E-state index in [9.17, 15) is 0 Å². The first-order chi connectivity index (χ1) is 59.4. The summed E-state index contributed by atoms with van der Waals surface area (Å²) in [6, 6.07) is 147. The molecule has 0 fully saturated rings. The number of hydrogen-bond acceptors (Lipinski definition) is 10. The van der Waals surface area contributed by atoms with Crippen molar-refractivity contribution in [1.29, 1.82) is 0 Å². The Kier molecular flexibility index (Phi) is 18.7. The van der Waals surface area contributed by atoms with Crippen LogP contribution in [0.5, 0.6) is 0 Å². The summed E-state index contributed by atoms with van der Waals surface area (Å²) in [5, 5.41) is 14.7. The van der Waals surface area contributed by atoms with E-state index in [2.05, 4.69) is 279 Å². The average Bonchev–Trinajstić information content (AvgIpc) is 0.744. The summed E-state index contributed by atoms with van der Waals surface area (Å²) in [6.45, 7) is 0. The number of hydrogen-bond donors (Lipinski definition) is 0. The van der Waals surface area contributed by atoms with Gasteiger partial charge < -0.3 is 0 Å². The Morgan fingerprint density at radius 2 is 0.267 bits per heavy atom. The number of nitrogens with zero attached hydrogens (tertiary/aromatic N) is 10. The highest BCUT2D eigenvalue weighted by molar-refractivity contribution is 6.27. The highest BCUT2D eigenvalue weighted by Crippen LogP contribution is 2.42. The number of fused-ring (bicyclic) bond motifs is 12. The molecule has 4 heterocycles. The number of rotatable bonds is 14. The minimum atomic E-state index is 0.614. The quantitative estimate of drug-likeness (QED) is 0.0971. The zero-order chi connectivity index (χ0) is 79.7. The van der Waals surface area contributed by atoms with Gasteiger partial charge in [0.1, 0.15) is 0 Å². The molecule has 10 heteroatoms. The maximum atomic E-state index is 5.24. The van der Waals surface area contributed by atoms with Crippen LogP contribution in [-0.4, -0.2) is 49.8 Å². The van der Waals surface area contributed by atoms with Gasteiger partial charge in [0.05, 0.1) is 22.8 Å². The third-order valence-electron chi connectivity index (χ3n) is 22.3. The van der Waals surface area contributed by atoms with Crippen molar-refractivity contribution in [2.24, 2.45) is 0 Å². The summed E-state index contributed by atoms with van der Waals surface area (Å²) in [5.41, 5.74) is 19.4. The third-order valence-corrected chi connectivity index (χ3v) is 22.3. The second-order valence-corrected chi connectivity index (χ2v) is 29.8. The molecule has 0 unspecified atom stereocenters. The van der Waals surface area contributed by atoms with Crippen molar-refractivity contribution in [2.75, 3.05) is 0 Å². The molecule has 0 radical (unpaired) electrons. The highest BCUT2D eigenvalue weighted by atomic mass is 15.0. The van der Waals surface area contributed by atoms with E-state index in [1.54, 1.807) is 0 Å². The van der Waals surface area contributed by atoms with E-state index < -0.39 is 0 Å². The molecule has 120 heavy (non-hydrogen) atoms. The molecule has 0 spiro atoms. The summed E-state index contributed by atoms with van der Waals surface area (Å²) in [4.78, 5) is 50.5. The Labute approximate surface area is 693 Å². The fraction of sp³-hybridized carbons (Fsp3) is 0. The second-order valence-electron chi connectivity index (χ2n) is 29.8. The molecule has 0 aliphatic rings. The van der Waals surface area contributed by atoms with Crippen LogP contribution in [0, 0.1) is 0 Å². The van der Waals surface area contributed by atoms with Gasteiger partial charge in [0, 0.05) is 66.8 Å². The van der Waals surface area contributed by atoms with Crippen LogP contribution in [0.1, 0.15) is 0 Å². The average molecular weight is 1530 g/mol. The largest absolute Gasteiger partial charge is 0.228 e. The van der Waals surface area contributed by atoms with Crippen molar-refractivity contribution in [3.05, 3.63) is 425 Å². The highest BCUT2D eigenvalue weighted by Gasteiger charge is 2.21. The molecule has 18 aromatic carbocycles. The normalized spacial score (nSPS) is 11.3. The first kappa shape index (κ1) is 71.5. The summed E-state index contributed by atoms with van der Waals surface area (Å²) >= 11 is 0. The fourth-order valence-corrected chi connectivity index (χ4v) is 16.3. The SMILES string of the molecule is c1ccc(-c2cc(-c3ccc(-c4cccc(-c5nc(-c6ccccc6)nc(-c6ccc7c8ccccc8c8ccccc8c7c6)n5)c4)cc3)nc(-c3ccccc3)n2)cc1.c1ccc(-c2cc(-c3ccc(-c4cccc(-c5nc(-c6ccccc6)nc(-c6ccccc6)n5)c4)cc3)nc(-c3ccc4c5ccccc5c5ccccc5c4c3)n2)cc1. The molecule has 0 amide bonds. The first-order valence-electron chi connectivity index (χ1n) is 40.2. The maximum absolute atomic E-state index is 5.24. The zero-order valence-electron chi connectivity index (χ0n) is 64.9. The van der Waals surface area contributed by atoms with Crippen molar-refractivity contribution in [3.63, 3.8) is 0 Å². The molecule has 22 aromatic rings. The summed E-state index contributed by atoms with van der Waals surface area (Å²) in [5.74, 6) is 5.15. The van der Waals surface area contributed by atoms with Crippen molar-refractivity contribution in [2.45, 2.75) is 0 Å². The van der Waals surface area contributed by atoms with Crippen LogP contribution in [0.25, 0.3) is 223 Å². The molecule has 0 bridgehead atoms. The zero-order valence-corrected chi connectivity index (χ0v) is 64.9. The van der Waals surface area contributed by atoms with E-state index in [1.165, 1.54) is 64.6 Å². The van der Waals surface area contributed by atoms with Gasteiger partial charge in [0.25, 0.3) is 0 Å². The van der Waals surface area contributed by atoms with Gasteiger partial charge in [-0.25, -0.2) is 49.8 Å². The standard InChI is InChI=1S/2C55H35N5/c1-4-15-37(16-5-1)50-35-51(57-54(56-50)43-31-32-48-46-25-11-10-23-44(46)45-24-12-13-26-47(45)49(48)34-43)38-29-27-36(28-30-38)41-21-14-22-42(33-41)55-59-52(39-17-6-2-7-18-39)58-53(60-55)40-19-8-3-9-20-40;1-4-15-37(16-5-1)50-35-51(57-52(56-50)39-17-6-2-7-18-39)38-29-27-36(28-30-38)41-21-14-22-42(33-41)54-58-53(40-19-8-3-9-20-40)59-55(60-54)43-31-32-48-46-25-11-10-23-44(46)45-24-12-13-26-47(45)49(48)34-43/h2*1-35H. The molecule has 0 aliphatic carbocycles. The van der Waals surface area contributed by atoms with Gasteiger partial charge in [-0.15, -0.1) is 0 Å². The lowest BCUT2D eigenvalue weighted by Crippen LogP contribution is -2.00.